The van der Waals surface area contributed by atoms with Crippen LogP contribution in [0.3, 0.4) is 0 Å². The van der Waals surface area contributed by atoms with Gasteiger partial charge in [0.15, 0.2) is 11.6 Å². The lowest BCUT2D eigenvalue weighted by atomic mass is 10.4. The molecular weight excluding hydrogens is 340 g/mol. The fraction of sp³-hybridized carbons (Fsp3) is 0.154. The number of carbonyl (C=O) groups excluding carboxylic acids is 1. The molecule has 0 bridgehead atoms. The van der Waals surface area contributed by atoms with Crippen LogP contribution >= 0.6 is 15.9 Å². The lowest BCUT2D eigenvalue weighted by Crippen LogP contribution is -2.11. The van der Waals surface area contributed by atoms with Crippen molar-refractivity contribution in [1.29, 1.82) is 0 Å². The van der Waals surface area contributed by atoms with E-state index < -0.39 is 0 Å². The molecular formula is C13H11BrN4O3. The van der Waals surface area contributed by atoms with Crippen LogP contribution in [0.1, 0.15) is 22.1 Å². The average Bonchev–Trinajstić information content (AvgIpc) is 3.13. The third kappa shape index (κ3) is 3.22. The Balaban J connectivity index is 1.68. The maximum atomic E-state index is 12.0. The molecule has 21 heavy (non-hydrogen) atoms. The number of nitrogens with zero attached hydrogens (tertiary/aromatic N) is 3. The number of halogens is 1. The normalized spacial score (nSPS) is 10.8. The minimum atomic E-state index is -0.379. The van der Waals surface area contributed by atoms with Crippen LogP contribution in [-0.4, -0.2) is 20.8 Å². The van der Waals surface area contributed by atoms with Crippen molar-refractivity contribution < 1.29 is 13.7 Å². The number of hydrogen-bond acceptors (Lipinski definition) is 5. The van der Waals surface area contributed by atoms with Crippen molar-refractivity contribution in [2.24, 2.45) is 0 Å². The lowest BCUT2D eigenvalue weighted by molar-refractivity contribution is 0.0993. The summed E-state index contributed by atoms with van der Waals surface area (Å²) in [5.74, 6) is 1.43. The summed E-state index contributed by atoms with van der Waals surface area (Å²) in [6.45, 7) is 2.19. The van der Waals surface area contributed by atoms with Crippen LogP contribution in [0.4, 0.5) is 5.82 Å². The van der Waals surface area contributed by atoms with Gasteiger partial charge in [-0.2, -0.15) is 5.10 Å². The highest BCUT2D eigenvalue weighted by Gasteiger charge is 2.13. The summed E-state index contributed by atoms with van der Waals surface area (Å²) in [4.78, 5) is 12.0. The van der Waals surface area contributed by atoms with Crippen molar-refractivity contribution >= 4 is 27.7 Å². The Kier molecular flexibility index (Phi) is 3.61. The van der Waals surface area contributed by atoms with Gasteiger partial charge in [-0.1, -0.05) is 5.16 Å². The van der Waals surface area contributed by atoms with E-state index in [0.717, 1.165) is 4.47 Å². The Bertz CT molecular complexity index is 774. The van der Waals surface area contributed by atoms with Crippen molar-refractivity contribution in [3.8, 4) is 0 Å². The topological polar surface area (TPSA) is 86.1 Å². The van der Waals surface area contributed by atoms with Gasteiger partial charge in [-0.25, -0.2) is 0 Å². The molecule has 0 fully saturated rings. The number of furan rings is 1. The molecule has 0 atom stereocenters. The number of amides is 1. The van der Waals surface area contributed by atoms with Gasteiger partial charge >= 0.3 is 0 Å². The van der Waals surface area contributed by atoms with Crippen LogP contribution < -0.4 is 5.32 Å². The Morgan fingerprint density at radius 1 is 1.48 bits per heavy atom. The molecule has 1 amide bonds. The SMILES string of the molecule is Cc1cc(NC(=O)c2ccc(Cn3cc(Br)cn3)o2)no1. The fourth-order valence-electron chi connectivity index (χ4n) is 1.77. The standard InChI is InChI=1S/C13H11BrN4O3/c1-8-4-12(17-21-8)16-13(19)11-3-2-10(20-11)7-18-6-9(14)5-15-18/h2-6H,7H2,1H3,(H,16,17,19). The molecule has 0 unspecified atom stereocenters. The second kappa shape index (κ2) is 5.57. The van der Waals surface area contributed by atoms with E-state index in [0.29, 0.717) is 23.9 Å². The zero-order valence-corrected chi connectivity index (χ0v) is 12.6. The van der Waals surface area contributed by atoms with Gasteiger partial charge in [-0.15, -0.1) is 0 Å². The van der Waals surface area contributed by atoms with Crippen molar-refractivity contribution in [1.82, 2.24) is 14.9 Å². The highest BCUT2D eigenvalue weighted by molar-refractivity contribution is 9.10. The van der Waals surface area contributed by atoms with Gasteiger partial charge in [-0.3, -0.25) is 9.48 Å². The minimum absolute atomic E-state index is 0.205. The fourth-order valence-corrected chi connectivity index (χ4v) is 2.10. The molecule has 0 radical (unpaired) electrons. The molecule has 0 aliphatic carbocycles. The third-order valence-corrected chi connectivity index (χ3v) is 3.08. The van der Waals surface area contributed by atoms with Crippen LogP contribution in [0.2, 0.25) is 0 Å². The minimum Gasteiger partial charge on any atom is -0.454 e. The summed E-state index contributed by atoms with van der Waals surface area (Å²) < 4.78 is 13.0. The molecule has 3 heterocycles. The number of carbonyl (C=O) groups is 1. The molecule has 0 saturated carbocycles. The molecule has 0 aliphatic rings. The van der Waals surface area contributed by atoms with Crippen molar-refractivity contribution in [3.05, 3.63) is 52.3 Å². The first kappa shape index (κ1) is 13.6. The molecule has 7 nitrogen and oxygen atoms in total. The first-order valence-corrected chi connectivity index (χ1v) is 6.91. The average molecular weight is 351 g/mol. The molecule has 8 heteroatoms. The summed E-state index contributed by atoms with van der Waals surface area (Å²) in [5.41, 5.74) is 0. The number of nitrogens with one attached hydrogen (secondary N) is 1. The maximum absolute atomic E-state index is 12.0. The first-order chi connectivity index (χ1) is 10.1. The molecule has 3 aromatic rings. The Morgan fingerprint density at radius 2 is 2.33 bits per heavy atom. The summed E-state index contributed by atoms with van der Waals surface area (Å²) in [6, 6.07) is 4.97. The lowest BCUT2D eigenvalue weighted by Gasteiger charge is -1.98. The summed E-state index contributed by atoms with van der Waals surface area (Å²) in [5, 5.41) is 10.4. The van der Waals surface area contributed by atoms with Gasteiger partial charge in [0.05, 0.1) is 17.2 Å². The largest absolute Gasteiger partial charge is 0.454 e. The zero-order chi connectivity index (χ0) is 14.8. The smallest absolute Gasteiger partial charge is 0.292 e. The van der Waals surface area contributed by atoms with E-state index in [2.05, 4.69) is 31.5 Å². The van der Waals surface area contributed by atoms with E-state index in [4.69, 9.17) is 8.94 Å². The number of aromatic nitrogens is 3. The van der Waals surface area contributed by atoms with Gasteiger partial charge in [0, 0.05) is 12.3 Å². The van der Waals surface area contributed by atoms with Crippen LogP contribution in [0.5, 0.6) is 0 Å². The van der Waals surface area contributed by atoms with Gasteiger partial charge in [0.2, 0.25) is 0 Å². The Labute approximate surface area is 128 Å². The molecule has 0 saturated heterocycles. The van der Waals surface area contributed by atoms with E-state index in [1.54, 1.807) is 36.0 Å². The summed E-state index contributed by atoms with van der Waals surface area (Å²) in [7, 11) is 0. The number of anilines is 1. The Morgan fingerprint density at radius 3 is 3.00 bits per heavy atom. The van der Waals surface area contributed by atoms with Crippen molar-refractivity contribution in [2.45, 2.75) is 13.5 Å². The highest BCUT2D eigenvalue weighted by atomic mass is 79.9. The highest BCUT2D eigenvalue weighted by Crippen LogP contribution is 2.14. The number of hydrogen-bond donors (Lipinski definition) is 1. The van der Waals surface area contributed by atoms with Crippen LogP contribution in [0, 0.1) is 6.92 Å². The van der Waals surface area contributed by atoms with Crippen molar-refractivity contribution in [2.75, 3.05) is 5.32 Å². The van der Waals surface area contributed by atoms with Gasteiger partial charge in [-0.05, 0) is 35.0 Å². The van der Waals surface area contributed by atoms with Crippen LogP contribution in [0.15, 0.2) is 44.0 Å². The predicted octanol–water partition coefficient (Wildman–Crippen LogP) is 2.84. The van der Waals surface area contributed by atoms with Gasteiger partial charge in [0.25, 0.3) is 5.91 Å². The molecule has 0 aliphatic heterocycles. The number of aryl methyl sites for hydroxylation is 1. The van der Waals surface area contributed by atoms with Gasteiger partial charge in [0.1, 0.15) is 11.5 Å². The summed E-state index contributed by atoms with van der Waals surface area (Å²) in [6.07, 6.45) is 3.50. The molecule has 3 rings (SSSR count). The second-order valence-electron chi connectivity index (χ2n) is 4.40. The van der Waals surface area contributed by atoms with E-state index >= 15 is 0 Å². The predicted molar refractivity (Wildman–Crippen MR) is 76.9 cm³/mol. The van der Waals surface area contributed by atoms with Crippen molar-refractivity contribution in [3.63, 3.8) is 0 Å². The molecule has 108 valence electrons. The quantitative estimate of drug-likeness (QED) is 0.781. The number of rotatable bonds is 4. The van der Waals surface area contributed by atoms with E-state index in [1.807, 2.05) is 6.20 Å². The molecule has 0 spiro atoms. The van der Waals surface area contributed by atoms with Crippen LogP contribution in [-0.2, 0) is 6.54 Å². The zero-order valence-electron chi connectivity index (χ0n) is 11.0. The second-order valence-corrected chi connectivity index (χ2v) is 5.31. The molecule has 3 aromatic heterocycles. The van der Waals surface area contributed by atoms with Gasteiger partial charge < -0.3 is 14.3 Å². The van der Waals surface area contributed by atoms with E-state index in [-0.39, 0.29) is 11.7 Å². The first-order valence-electron chi connectivity index (χ1n) is 6.11. The molecule has 0 aromatic carbocycles. The Hall–Kier alpha value is -2.35. The monoisotopic (exact) mass is 350 g/mol. The summed E-state index contributed by atoms with van der Waals surface area (Å²) >= 11 is 3.32. The van der Waals surface area contributed by atoms with Crippen LogP contribution in [0.25, 0.3) is 0 Å². The maximum Gasteiger partial charge on any atom is 0.292 e. The molecule has 1 N–H and O–H groups in total. The van der Waals surface area contributed by atoms with E-state index in [1.165, 1.54) is 0 Å². The third-order valence-electron chi connectivity index (χ3n) is 2.67. The van der Waals surface area contributed by atoms with E-state index in [9.17, 15) is 4.79 Å².